The van der Waals surface area contributed by atoms with Gasteiger partial charge in [-0.2, -0.15) is 0 Å². The molecular formula is C5H13BrO. The first-order chi connectivity index (χ1) is 3.33. The Morgan fingerprint density at radius 2 is 1.43 bits per heavy atom. The Bertz CT molecular complexity index is 15.6. The first-order valence-corrected chi connectivity index (χ1v) is 3.12. The molecule has 0 unspecified atom stereocenters. The lowest BCUT2D eigenvalue weighted by atomic mass is 10.4. The number of rotatable bonds is 1. The van der Waals surface area contributed by atoms with Gasteiger partial charge in [0.1, 0.15) is 0 Å². The number of hydrogen-bond acceptors (Lipinski definition) is 1. The quantitative estimate of drug-likeness (QED) is 0.586. The van der Waals surface area contributed by atoms with E-state index < -0.39 is 0 Å². The van der Waals surface area contributed by atoms with Gasteiger partial charge in [-0.05, 0) is 0 Å². The van der Waals surface area contributed by atoms with Crippen LogP contribution in [0.25, 0.3) is 0 Å². The number of halogens is 1. The Kier molecular flexibility index (Phi) is 24.0. The van der Waals surface area contributed by atoms with Crippen LogP contribution in [0.2, 0.25) is 0 Å². The van der Waals surface area contributed by atoms with E-state index in [2.05, 4.69) is 33.9 Å². The summed E-state index contributed by atoms with van der Waals surface area (Å²) in [5, 5.41) is 0. The fourth-order valence-corrected chi connectivity index (χ4v) is 0. The Morgan fingerprint density at radius 1 is 1.29 bits per heavy atom. The maximum absolute atomic E-state index is 4.06. The molecule has 0 atom stereocenters. The van der Waals surface area contributed by atoms with Crippen LogP contribution in [-0.4, -0.2) is 7.11 Å². The molecular weight excluding hydrogens is 156 g/mol. The Morgan fingerprint density at radius 3 is 1.43 bits per heavy atom. The van der Waals surface area contributed by atoms with Crippen LogP contribution >= 0.6 is 16.3 Å². The van der Waals surface area contributed by atoms with Gasteiger partial charge in [0, 0.05) is 0 Å². The summed E-state index contributed by atoms with van der Waals surface area (Å²) in [7, 11) is 1.54. The lowest BCUT2D eigenvalue weighted by Gasteiger charge is -1.68. The molecule has 0 rings (SSSR count). The van der Waals surface area contributed by atoms with Crippen molar-refractivity contribution in [2.45, 2.75) is 26.7 Å². The standard InChI is InChI=1S/C4H10.CH3BrO/c1-3-4-2;1-3-2/h3-4H2,1-2H3;1H3. The molecule has 0 aromatic rings. The lowest BCUT2D eigenvalue weighted by Crippen LogP contribution is -1.47. The Labute approximate surface area is 54.5 Å². The average molecular weight is 169 g/mol. The highest BCUT2D eigenvalue weighted by Crippen LogP contribution is 1.76. The second kappa shape index (κ2) is 16.1. The highest BCUT2D eigenvalue weighted by Gasteiger charge is 1.56. The zero-order chi connectivity index (χ0) is 6.12. The van der Waals surface area contributed by atoms with Crippen molar-refractivity contribution in [1.29, 1.82) is 0 Å². The van der Waals surface area contributed by atoms with Crippen molar-refractivity contribution in [3.63, 3.8) is 0 Å². The SMILES string of the molecule is CCCC.COBr. The van der Waals surface area contributed by atoms with Crippen LogP contribution < -0.4 is 0 Å². The first-order valence-electron chi connectivity index (χ1n) is 2.48. The van der Waals surface area contributed by atoms with Crippen molar-refractivity contribution in [2.24, 2.45) is 0 Å². The van der Waals surface area contributed by atoms with E-state index in [9.17, 15) is 0 Å². The van der Waals surface area contributed by atoms with E-state index >= 15 is 0 Å². The van der Waals surface area contributed by atoms with Crippen molar-refractivity contribution in [3.05, 3.63) is 0 Å². The largest absolute Gasteiger partial charge is 0.311 e. The molecule has 0 aliphatic rings. The summed E-state index contributed by atoms with van der Waals surface area (Å²) in [6.07, 6.45) is 2.64. The molecule has 0 radical (unpaired) electrons. The number of hydrogen-bond donors (Lipinski definition) is 0. The van der Waals surface area contributed by atoms with Crippen LogP contribution in [0.15, 0.2) is 0 Å². The fourth-order valence-electron chi connectivity index (χ4n) is 0. The zero-order valence-electron chi connectivity index (χ0n) is 5.20. The molecule has 0 amide bonds. The van der Waals surface area contributed by atoms with Gasteiger partial charge in [0.15, 0.2) is 0 Å². The van der Waals surface area contributed by atoms with Crippen LogP contribution in [0.3, 0.4) is 0 Å². The molecule has 1 nitrogen and oxygen atoms in total. The minimum absolute atomic E-state index is 1.32. The fraction of sp³-hybridized carbons (Fsp3) is 1.00. The molecule has 46 valence electrons. The van der Waals surface area contributed by atoms with Crippen molar-refractivity contribution in [1.82, 2.24) is 0 Å². The van der Waals surface area contributed by atoms with E-state index in [-0.39, 0.29) is 0 Å². The average Bonchev–Trinajstić information content (AvgIpc) is 1.69. The summed E-state index contributed by atoms with van der Waals surface area (Å²) >= 11 is 2.65. The van der Waals surface area contributed by atoms with Gasteiger partial charge in [-0.3, -0.25) is 0 Å². The van der Waals surface area contributed by atoms with Gasteiger partial charge < -0.3 is 3.83 Å². The van der Waals surface area contributed by atoms with Gasteiger partial charge in [0.2, 0.25) is 0 Å². The Balaban J connectivity index is 0. The smallest absolute Gasteiger partial charge is 0.0984 e. The van der Waals surface area contributed by atoms with Crippen molar-refractivity contribution in [3.8, 4) is 0 Å². The summed E-state index contributed by atoms with van der Waals surface area (Å²) in [5.41, 5.74) is 0. The van der Waals surface area contributed by atoms with E-state index in [1.165, 1.54) is 12.8 Å². The molecule has 0 aromatic carbocycles. The van der Waals surface area contributed by atoms with Crippen LogP contribution in [0.5, 0.6) is 0 Å². The van der Waals surface area contributed by atoms with Crippen molar-refractivity contribution in [2.75, 3.05) is 7.11 Å². The van der Waals surface area contributed by atoms with Gasteiger partial charge in [-0.15, -0.1) is 0 Å². The molecule has 7 heavy (non-hydrogen) atoms. The van der Waals surface area contributed by atoms with E-state index in [4.69, 9.17) is 0 Å². The normalized spacial score (nSPS) is 6.86. The van der Waals surface area contributed by atoms with E-state index in [0.29, 0.717) is 0 Å². The van der Waals surface area contributed by atoms with Crippen LogP contribution in [0, 0.1) is 0 Å². The molecule has 0 spiro atoms. The van der Waals surface area contributed by atoms with Gasteiger partial charge >= 0.3 is 0 Å². The molecule has 0 N–H and O–H groups in total. The highest BCUT2D eigenvalue weighted by molar-refractivity contribution is 9.06. The van der Waals surface area contributed by atoms with E-state index in [1.54, 1.807) is 7.11 Å². The van der Waals surface area contributed by atoms with Crippen LogP contribution in [0.1, 0.15) is 26.7 Å². The third-order valence-corrected chi connectivity index (χ3v) is 0.500. The minimum atomic E-state index is 1.32. The molecule has 0 aromatic heterocycles. The molecule has 0 saturated heterocycles. The molecule has 0 bridgehead atoms. The van der Waals surface area contributed by atoms with Crippen molar-refractivity contribution >= 4 is 16.3 Å². The second-order valence-electron chi connectivity index (χ2n) is 1.15. The first kappa shape index (κ1) is 10.4. The lowest BCUT2D eigenvalue weighted by molar-refractivity contribution is 0.519. The maximum Gasteiger partial charge on any atom is 0.0984 e. The predicted molar refractivity (Wildman–Crippen MR) is 36.5 cm³/mol. The Hall–Kier alpha value is 0.440. The number of unbranched alkanes of at least 4 members (excludes halogenated alkanes) is 1. The molecule has 2 heteroatoms. The van der Waals surface area contributed by atoms with E-state index in [0.717, 1.165) is 0 Å². The summed E-state index contributed by atoms with van der Waals surface area (Å²) in [6.45, 7) is 4.36. The molecule has 0 saturated carbocycles. The van der Waals surface area contributed by atoms with E-state index in [1.807, 2.05) is 0 Å². The molecule has 0 aliphatic carbocycles. The second-order valence-corrected chi connectivity index (χ2v) is 1.80. The molecule has 0 fully saturated rings. The third kappa shape index (κ3) is 61.2. The molecule has 0 heterocycles. The molecule has 0 aliphatic heterocycles. The third-order valence-electron chi connectivity index (χ3n) is 0.500. The van der Waals surface area contributed by atoms with Gasteiger partial charge in [-0.25, -0.2) is 0 Å². The highest BCUT2D eigenvalue weighted by atomic mass is 79.9. The van der Waals surface area contributed by atoms with Gasteiger partial charge in [0.25, 0.3) is 0 Å². The van der Waals surface area contributed by atoms with Gasteiger partial charge in [0.05, 0.1) is 23.4 Å². The zero-order valence-corrected chi connectivity index (χ0v) is 6.79. The minimum Gasteiger partial charge on any atom is -0.311 e. The van der Waals surface area contributed by atoms with Crippen molar-refractivity contribution < 1.29 is 3.83 Å². The topological polar surface area (TPSA) is 9.23 Å². The summed E-state index contributed by atoms with van der Waals surface area (Å²) in [6, 6.07) is 0. The monoisotopic (exact) mass is 168 g/mol. The predicted octanol–water partition coefficient (Wildman–Crippen LogP) is 2.75. The summed E-state index contributed by atoms with van der Waals surface area (Å²) < 4.78 is 4.06. The van der Waals surface area contributed by atoms with Crippen LogP contribution in [0.4, 0.5) is 0 Å². The summed E-state index contributed by atoms with van der Waals surface area (Å²) in [4.78, 5) is 0. The summed E-state index contributed by atoms with van der Waals surface area (Å²) in [5.74, 6) is 0. The van der Waals surface area contributed by atoms with Gasteiger partial charge in [-0.1, -0.05) is 26.7 Å². The maximum atomic E-state index is 4.06. The van der Waals surface area contributed by atoms with Crippen LogP contribution in [-0.2, 0) is 3.83 Å².